The molecule has 0 fully saturated rings. The minimum absolute atomic E-state index is 0.280. The molecule has 3 nitrogen and oxygen atoms in total. The predicted molar refractivity (Wildman–Crippen MR) is 41.6 cm³/mol. The van der Waals surface area contributed by atoms with E-state index in [1.165, 1.54) is 6.92 Å². The smallest absolute Gasteiger partial charge is 0.404 e. The fraction of sp³-hybridized carbons (Fsp3) is 0.250. The highest BCUT2D eigenvalue weighted by Crippen LogP contribution is 2.43. The van der Waals surface area contributed by atoms with E-state index < -0.39 is 6.04 Å². The van der Waals surface area contributed by atoms with Gasteiger partial charge in [-0.25, -0.2) is 0 Å². The fourth-order valence-electron chi connectivity index (χ4n) is 1.12. The third kappa shape index (κ3) is 0.958. The molecule has 1 aliphatic rings. The van der Waals surface area contributed by atoms with Crippen molar-refractivity contribution in [2.45, 2.75) is 13.0 Å². The lowest BCUT2D eigenvalue weighted by Gasteiger charge is -2.10. The van der Waals surface area contributed by atoms with Gasteiger partial charge in [0.05, 0.1) is 5.69 Å². The number of ether oxygens (including phenoxy) is 2. The average molecular weight is 169 g/mol. The minimum Gasteiger partial charge on any atom is -0.423 e. The Morgan fingerprint density at radius 1 is 1.42 bits per heavy atom. The van der Waals surface area contributed by atoms with E-state index in [2.05, 4.69) is 0 Å². The van der Waals surface area contributed by atoms with Crippen LogP contribution >= 0.6 is 0 Å². The quantitative estimate of drug-likeness (QED) is 0.601. The number of anilines is 1. The number of fused-ring (bicyclic) bond motifs is 1. The van der Waals surface area contributed by atoms with Gasteiger partial charge in [0.2, 0.25) is 0 Å². The van der Waals surface area contributed by atoms with Crippen molar-refractivity contribution in [2.75, 3.05) is 5.73 Å². The maximum absolute atomic E-state index is 13.1. The number of benzene rings is 1. The van der Waals surface area contributed by atoms with Crippen LogP contribution in [0.1, 0.15) is 6.92 Å². The third-order valence-electron chi connectivity index (χ3n) is 1.59. The van der Waals surface area contributed by atoms with Crippen LogP contribution < -0.4 is 15.2 Å². The number of nitrogen functional groups attached to an aromatic ring is 1. The Morgan fingerprint density at radius 2 is 2.17 bits per heavy atom. The van der Waals surface area contributed by atoms with E-state index in [0.717, 1.165) is 0 Å². The van der Waals surface area contributed by atoms with Crippen molar-refractivity contribution in [2.24, 2.45) is 0 Å². The molecule has 1 aromatic rings. The van der Waals surface area contributed by atoms with Crippen molar-refractivity contribution in [3.8, 4) is 11.5 Å². The van der Waals surface area contributed by atoms with Crippen LogP contribution in [0.3, 0.4) is 0 Å². The summed E-state index contributed by atoms with van der Waals surface area (Å²) in [7, 11) is 0. The largest absolute Gasteiger partial charge is 0.423 e. The van der Waals surface area contributed by atoms with Crippen LogP contribution in [0.25, 0.3) is 0 Å². The van der Waals surface area contributed by atoms with Crippen LogP contribution in [0.5, 0.6) is 11.5 Å². The van der Waals surface area contributed by atoms with Crippen LogP contribution in [0.15, 0.2) is 18.2 Å². The molecule has 0 spiro atoms. The standard InChI is InChI=1S/C8H8FNO2/c1-8(9)11-6-4-2-3-5(10)7(6)12-8/h2-4H,10H2,1H3. The molecule has 1 atom stereocenters. The zero-order valence-corrected chi connectivity index (χ0v) is 6.50. The van der Waals surface area contributed by atoms with Gasteiger partial charge < -0.3 is 15.2 Å². The summed E-state index contributed by atoms with van der Waals surface area (Å²) in [5.41, 5.74) is 5.90. The van der Waals surface area contributed by atoms with E-state index in [1.54, 1.807) is 18.2 Å². The average Bonchev–Trinajstić information content (AvgIpc) is 2.25. The molecule has 0 amide bonds. The van der Waals surface area contributed by atoms with E-state index >= 15 is 0 Å². The molecular formula is C8H8FNO2. The van der Waals surface area contributed by atoms with Crippen molar-refractivity contribution < 1.29 is 13.9 Å². The second kappa shape index (κ2) is 2.03. The molecular weight excluding hydrogens is 161 g/mol. The number of hydrogen-bond donors (Lipinski definition) is 1. The Labute approximate surface area is 68.9 Å². The monoisotopic (exact) mass is 169 g/mol. The van der Waals surface area contributed by atoms with Gasteiger partial charge in [0, 0.05) is 6.92 Å². The summed E-state index contributed by atoms with van der Waals surface area (Å²) in [5, 5.41) is 0. The topological polar surface area (TPSA) is 44.5 Å². The first kappa shape index (κ1) is 7.21. The summed E-state index contributed by atoms with van der Waals surface area (Å²) >= 11 is 0. The number of rotatable bonds is 0. The molecule has 0 radical (unpaired) electrons. The van der Waals surface area contributed by atoms with Crippen LogP contribution in [0, 0.1) is 0 Å². The van der Waals surface area contributed by atoms with Gasteiger partial charge in [-0.1, -0.05) is 6.07 Å². The summed E-state index contributed by atoms with van der Waals surface area (Å²) in [5.74, 6) is 0.627. The summed E-state index contributed by atoms with van der Waals surface area (Å²) in [4.78, 5) is 0. The van der Waals surface area contributed by atoms with Crippen LogP contribution in [-0.4, -0.2) is 6.04 Å². The molecule has 0 aromatic heterocycles. The summed E-state index contributed by atoms with van der Waals surface area (Å²) in [6.45, 7) is 1.19. The number of alkyl halides is 1. The Bertz CT molecular complexity index is 325. The minimum atomic E-state index is -2.09. The number of halogens is 1. The van der Waals surface area contributed by atoms with E-state index in [9.17, 15) is 4.39 Å². The van der Waals surface area contributed by atoms with Crippen LogP contribution in [0.2, 0.25) is 0 Å². The van der Waals surface area contributed by atoms with E-state index in [1.807, 2.05) is 0 Å². The molecule has 1 heterocycles. The first-order chi connectivity index (χ1) is 5.58. The molecule has 1 unspecified atom stereocenters. The van der Waals surface area contributed by atoms with Crippen molar-refractivity contribution in [3.05, 3.63) is 18.2 Å². The summed E-state index contributed by atoms with van der Waals surface area (Å²) < 4.78 is 22.7. The van der Waals surface area contributed by atoms with Crippen molar-refractivity contribution in [1.82, 2.24) is 0 Å². The SMILES string of the molecule is CC1(F)Oc2cccc(N)c2O1. The van der Waals surface area contributed by atoms with Gasteiger partial charge in [0.15, 0.2) is 11.5 Å². The molecule has 4 heteroatoms. The van der Waals surface area contributed by atoms with Crippen molar-refractivity contribution >= 4 is 5.69 Å². The number of para-hydroxylation sites is 1. The first-order valence-corrected chi connectivity index (χ1v) is 3.54. The molecule has 1 aliphatic heterocycles. The lowest BCUT2D eigenvalue weighted by atomic mass is 10.3. The maximum Gasteiger partial charge on any atom is 0.404 e. The van der Waals surface area contributed by atoms with Crippen LogP contribution in [0.4, 0.5) is 10.1 Å². The van der Waals surface area contributed by atoms with Crippen molar-refractivity contribution in [1.29, 1.82) is 0 Å². The fourth-order valence-corrected chi connectivity index (χ4v) is 1.12. The normalized spacial score (nSPS) is 25.8. The molecule has 0 bridgehead atoms. The van der Waals surface area contributed by atoms with E-state index in [-0.39, 0.29) is 5.75 Å². The molecule has 2 N–H and O–H groups in total. The first-order valence-electron chi connectivity index (χ1n) is 3.54. The highest BCUT2D eigenvalue weighted by molar-refractivity contribution is 5.61. The Kier molecular flexibility index (Phi) is 1.22. The number of hydrogen-bond acceptors (Lipinski definition) is 3. The number of nitrogens with two attached hydrogens (primary N) is 1. The lowest BCUT2D eigenvalue weighted by Crippen LogP contribution is -2.28. The van der Waals surface area contributed by atoms with Crippen LogP contribution in [-0.2, 0) is 0 Å². The van der Waals surface area contributed by atoms with E-state index in [0.29, 0.717) is 11.4 Å². The molecule has 2 rings (SSSR count). The van der Waals surface area contributed by atoms with Gasteiger partial charge in [0.1, 0.15) is 0 Å². The zero-order valence-electron chi connectivity index (χ0n) is 6.50. The second-order valence-electron chi connectivity index (χ2n) is 2.71. The molecule has 0 saturated heterocycles. The summed E-state index contributed by atoms with van der Waals surface area (Å²) in [6, 6.07) is 2.83. The second-order valence-corrected chi connectivity index (χ2v) is 2.71. The van der Waals surface area contributed by atoms with Crippen molar-refractivity contribution in [3.63, 3.8) is 0 Å². The zero-order chi connectivity index (χ0) is 8.77. The van der Waals surface area contributed by atoms with Gasteiger partial charge in [-0.2, -0.15) is 4.39 Å². The third-order valence-corrected chi connectivity index (χ3v) is 1.59. The van der Waals surface area contributed by atoms with Gasteiger partial charge in [-0.3, -0.25) is 0 Å². The molecule has 0 saturated carbocycles. The maximum atomic E-state index is 13.1. The Balaban J connectivity index is 2.48. The van der Waals surface area contributed by atoms with Gasteiger partial charge in [0.25, 0.3) is 0 Å². The highest BCUT2D eigenvalue weighted by atomic mass is 19.2. The molecule has 0 aliphatic carbocycles. The lowest BCUT2D eigenvalue weighted by molar-refractivity contribution is -0.173. The predicted octanol–water partition coefficient (Wildman–Crippen LogP) is 1.68. The summed E-state index contributed by atoms with van der Waals surface area (Å²) in [6.07, 6.45) is 0. The molecule has 1 aromatic carbocycles. The Morgan fingerprint density at radius 3 is 2.83 bits per heavy atom. The molecule has 12 heavy (non-hydrogen) atoms. The Hall–Kier alpha value is -1.45. The molecule has 64 valence electrons. The van der Waals surface area contributed by atoms with Gasteiger partial charge >= 0.3 is 6.04 Å². The van der Waals surface area contributed by atoms with Gasteiger partial charge in [-0.05, 0) is 12.1 Å². The highest BCUT2D eigenvalue weighted by Gasteiger charge is 2.37. The van der Waals surface area contributed by atoms with E-state index in [4.69, 9.17) is 15.2 Å². The van der Waals surface area contributed by atoms with Gasteiger partial charge in [-0.15, -0.1) is 0 Å².